The maximum atomic E-state index is 11.4. The van der Waals surface area contributed by atoms with E-state index < -0.39 is 0 Å². The summed E-state index contributed by atoms with van der Waals surface area (Å²) in [5, 5.41) is 1.93. The summed E-state index contributed by atoms with van der Waals surface area (Å²) in [5.41, 5.74) is 0.799. The van der Waals surface area contributed by atoms with Gasteiger partial charge in [-0.3, -0.25) is 4.79 Å². The molecular weight excluding hydrogens is 172 g/mol. The van der Waals surface area contributed by atoms with Crippen molar-refractivity contribution >= 4 is 17.1 Å². The lowest BCUT2D eigenvalue weighted by atomic mass is 10.2. The quantitative estimate of drug-likeness (QED) is 0.671. The van der Waals surface area contributed by atoms with Crippen molar-refractivity contribution < 1.29 is 9.53 Å². The van der Waals surface area contributed by atoms with E-state index in [9.17, 15) is 4.79 Å². The van der Waals surface area contributed by atoms with Crippen LogP contribution in [0.2, 0.25) is 0 Å². The zero-order chi connectivity index (χ0) is 8.97. The molecule has 0 aromatic carbocycles. The first-order valence-corrected chi connectivity index (χ1v) is 4.78. The highest BCUT2D eigenvalue weighted by atomic mass is 32.1. The van der Waals surface area contributed by atoms with E-state index in [1.54, 1.807) is 11.3 Å². The number of ether oxygens (including phenoxy) is 1. The summed E-state index contributed by atoms with van der Waals surface area (Å²) < 4.78 is 5.03. The van der Waals surface area contributed by atoms with Gasteiger partial charge >= 0.3 is 0 Å². The first kappa shape index (κ1) is 9.42. The van der Waals surface area contributed by atoms with Gasteiger partial charge < -0.3 is 4.74 Å². The zero-order valence-electron chi connectivity index (χ0n) is 7.29. The van der Waals surface area contributed by atoms with Gasteiger partial charge in [-0.25, -0.2) is 0 Å². The summed E-state index contributed by atoms with van der Waals surface area (Å²) in [5.74, 6) is 0.0793. The first-order chi connectivity index (χ1) is 5.75. The summed E-state index contributed by atoms with van der Waals surface area (Å²) in [7, 11) is 0. The average Bonchev–Trinajstić information content (AvgIpc) is 2.47. The molecule has 0 bridgehead atoms. The van der Waals surface area contributed by atoms with Crippen LogP contribution >= 0.6 is 11.3 Å². The number of carbonyl (C=O) groups is 1. The molecule has 0 saturated heterocycles. The van der Waals surface area contributed by atoms with Gasteiger partial charge in [0.1, 0.15) is 6.61 Å². The van der Waals surface area contributed by atoms with E-state index in [2.05, 4.69) is 0 Å². The monoisotopic (exact) mass is 184 g/mol. The van der Waals surface area contributed by atoms with Gasteiger partial charge in [0.15, 0.2) is 5.78 Å². The minimum atomic E-state index is 0.0793. The van der Waals surface area contributed by atoms with Crippen molar-refractivity contribution in [1.82, 2.24) is 0 Å². The van der Waals surface area contributed by atoms with Gasteiger partial charge in [-0.15, -0.1) is 11.3 Å². The van der Waals surface area contributed by atoms with Crippen LogP contribution in [0.1, 0.15) is 22.2 Å². The summed E-state index contributed by atoms with van der Waals surface area (Å²) in [6, 6.07) is 1.85. The molecule has 12 heavy (non-hydrogen) atoms. The standard InChI is InChI=1S/C9H12O2S/c1-3-11-6-9(10)8-4-5-12-7(8)2/h4-5H,3,6H2,1-2H3. The van der Waals surface area contributed by atoms with Crippen molar-refractivity contribution in [1.29, 1.82) is 0 Å². The Morgan fingerprint density at radius 2 is 2.42 bits per heavy atom. The lowest BCUT2D eigenvalue weighted by Gasteiger charge is -1.99. The first-order valence-electron chi connectivity index (χ1n) is 3.90. The predicted molar refractivity (Wildman–Crippen MR) is 49.9 cm³/mol. The molecule has 2 nitrogen and oxygen atoms in total. The lowest BCUT2D eigenvalue weighted by molar-refractivity contribution is 0.0783. The van der Waals surface area contributed by atoms with Crippen LogP contribution in [-0.4, -0.2) is 19.0 Å². The molecule has 0 radical (unpaired) electrons. The van der Waals surface area contributed by atoms with Crippen molar-refractivity contribution in [2.75, 3.05) is 13.2 Å². The molecule has 0 N–H and O–H groups in total. The van der Waals surface area contributed by atoms with Crippen LogP contribution < -0.4 is 0 Å². The molecule has 0 amide bonds. The Morgan fingerprint density at radius 3 is 2.92 bits per heavy atom. The highest BCUT2D eigenvalue weighted by molar-refractivity contribution is 7.10. The van der Waals surface area contributed by atoms with E-state index in [0.29, 0.717) is 6.61 Å². The molecule has 0 spiro atoms. The highest BCUT2D eigenvalue weighted by Gasteiger charge is 2.08. The van der Waals surface area contributed by atoms with E-state index in [1.165, 1.54) is 0 Å². The number of rotatable bonds is 4. The Balaban J connectivity index is 2.59. The van der Waals surface area contributed by atoms with E-state index in [0.717, 1.165) is 10.4 Å². The Kier molecular flexibility index (Phi) is 3.44. The fourth-order valence-electron chi connectivity index (χ4n) is 0.947. The Labute approximate surface area is 76.2 Å². The van der Waals surface area contributed by atoms with Crippen molar-refractivity contribution in [2.24, 2.45) is 0 Å². The molecule has 0 unspecified atom stereocenters. The second kappa shape index (κ2) is 4.38. The molecular formula is C9H12O2S. The van der Waals surface area contributed by atoms with Gasteiger partial charge in [0.05, 0.1) is 0 Å². The van der Waals surface area contributed by atoms with Crippen molar-refractivity contribution in [3.05, 3.63) is 21.9 Å². The molecule has 1 aromatic heterocycles. The highest BCUT2D eigenvalue weighted by Crippen LogP contribution is 2.15. The molecule has 1 aromatic rings. The number of hydrogen-bond donors (Lipinski definition) is 0. The van der Waals surface area contributed by atoms with E-state index in [-0.39, 0.29) is 12.4 Å². The molecule has 0 fully saturated rings. The Morgan fingerprint density at radius 1 is 1.67 bits per heavy atom. The molecule has 0 saturated carbocycles. The summed E-state index contributed by atoms with van der Waals surface area (Å²) in [4.78, 5) is 12.4. The third-order valence-electron chi connectivity index (χ3n) is 1.60. The van der Waals surface area contributed by atoms with Crippen LogP contribution in [0.5, 0.6) is 0 Å². The second-order valence-corrected chi connectivity index (χ2v) is 3.57. The van der Waals surface area contributed by atoms with Gasteiger partial charge in [-0.1, -0.05) is 0 Å². The third-order valence-corrected chi connectivity index (χ3v) is 2.44. The number of hydrogen-bond acceptors (Lipinski definition) is 3. The smallest absolute Gasteiger partial charge is 0.189 e. The van der Waals surface area contributed by atoms with Crippen molar-refractivity contribution in [3.8, 4) is 0 Å². The molecule has 66 valence electrons. The largest absolute Gasteiger partial charge is 0.374 e. The summed E-state index contributed by atoms with van der Waals surface area (Å²) in [6.07, 6.45) is 0. The second-order valence-electron chi connectivity index (χ2n) is 2.45. The van der Waals surface area contributed by atoms with E-state index in [4.69, 9.17) is 4.74 Å². The number of aryl methyl sites for hydroxylation is 1. The van der Waals surface area contributed by atoms with Gasteiger partial charge in [0, 0.05) is 17.0 Å². The van der Waals surface area contributed by atoms with E-state index >= 15 is 0 Å². The third kappa shape index (κ3) is 2.16. The molecule has 1 heterocycles. The fraction of sp³-hybridized carbons (Fsp3) is 0.444. The zero-order valence-corrected chi connectivity index (χ0v) is 8.11. The number of thiophene rings is 1. The topological polar surface area (TPSA) is 26.3 Å². The molecule has 0 atom stereocenters. The number of carbonyl (C=O) groups excluding carboxylic acids is 1. The van der Waals surface area contributed by atoms with Crippen LogP contribution in [-0.2, 0) is 4.74 Å². The number of ketones is 1. The lowest BCUT2D eigenvalue weighted by Crippen LogP contribution is -2.08. The van der Waals surface area contributed by atoms with Crippen LogP contribution in [0.15, 0.2) is 11.4 Å². The number of Topliss-reactive ketones (excluding diaryl/α,β-unsaturated/α-hetero) is 1. The molecule has 0 aliphatic rings. The maximum Gasteiger partial charge on any atom is 0.189 e. The van der Waals surface area contributed by atoms with Crippen molar-refractivity contribution in [3.63, 3.8) is 0 Å². The van der Waals surface area contributed by atoms with Crippen LogP contribution in [0.3, 0.4) is 0 Å². The molecule has 3 heteroatoms. The van der Waals surface area contributed by atoms with Crippen LogP contribution in [0.4, 0.5) is 0 Å². The molecule has 0 aliphatic carbocycles. The van der Waals surface area contributed by atoms with Gasteiger partial charge in [0.2, 0.25) is 0 Å². The van der Waals surface area contributed by atoms with Crippen LogP contribution in [0.25, 0.3) is 0 Å². The van der Waals surface area contributed by atoms with Crippen molar-refractivity contribution in [2.45, 2.75) is 13.8 Å². The fourth-order valence-corrected chi connectivity index (χ4v) is 1.66. The summed E-state index contributed by atoms with van der Waals surface area (Å²) >= 11 is 1.59. The van der Waals surface area contributed by atoms with Gasteiger partial charge in [-0.05, 0) is 25.3 Å². The average molecular weight is 184 g/mol. The van der Waals surface area contributed by atoms with Crippen LogP contribution in [0, 0.1) is 6.92 Å². The molecule has 0 aliphatic heterocycles. The predicted octanol–water partition coefficient (Wildman–Crippen LogP) is 2.28. The Bertz CT molecular complexity index is 265. The Hall–Kier alpha value is -0.670. The normalized spacial score (nSPS) is 10.2. The maximum absolute atomic E-state index is 11.4. The minimum absolute atomic E-state index is 0.0793. The minimum Gasteiger partial charge on any atom is -0.374 e. The SMILES string of the molecule is CCOCC(=O)c1ccsc1C. The molecule has 1 rings (SSSR count). The van der Waals surface area contributed by atoms with Gasteiger partial charge in [-0.2, -0.15) is 0 Å². The summed E-state index contributed by atoms with van der Waals surface area (Å²) in [6.45, 7) is 4.63. The van der Waals surface area contributed by atoms with E-state index in [1.807, 2.05) is 25.3 Å². The van der Waals surface area contributed by atoms with Gasteiger partial charge in [0.25, 0.3) is 0 Å².